The van der Waals surface area contributed by atoms with Gasteiger partial charge in [-0.25, -0.2) is 4.39 Å². The number of benzene rings is 4. The Morgan fingerprint density at radius 3 is 1.82 bits per heavy atom. The van der Waals surface area contributed by atoms with E-state index in [-0.39, 0.29) is 11.3 Å². The third kappa shape index (κ3) is 5.15. The van der Waals surface area contributed by atoms with Gasteiger partial charge in [-0.2, -0.15) is 5.26 Å². The van der Waals surface area contributed by atoms with E-state index in [1.54, 1.807) is 6.07 Å². The van der Waals surface area contributed by atoms with Gasteiger partial charge in [-0.1, -0.05) is 60.7 Å². The number of rotatable bonds is 6. The summed E-state index contributed by atoms with van der Waals surface area (Å²) in [5, 5.41) is 11.9. The van der Waals surface area contributed by atoms with E-state index in [1.807, 2.05) is 91.0 Å². The molecule has 4 rings (SSSR count). The number of amides is 1. The Hall–Kier alpha value is -4.69. The van der Waals surface area contributed by atoms with E-state index in [0.717, 1.165) is 17.1 Å². The number of para-hydroxylation sites is 3. The lowest BCUT2D eigenvalue weighted by Gasteiger charge is -2.25. The van der Waals surface area contributed by atoms with E-state index < -0.39 is 11.7 Å². The summed E-state index contributed by atoms with van der Waals surface area (Å²) in [5.41, 5.74) is 3.54. The highest BCUT2D eigenvalue weighted by Crippen LogP contribution is 2.34. The van der Waals surface area contributed by atoms with Crippen molar-refractivity contribution in [3.63, 3.8) is 0 Å². The molecule has 0 heterocycles. The molecule has 1 N–H and O–H groups in total. The van der Waals surface area contributed by atoms with E-state index >= 15 is 0 Å². The zero-order chi connectivity index (χ0) is 23.0. The largest absolute Gasteiger partial charge is 0.319 e. The monoisotopic (exact) mass is 433 g/mol. The Morgan fingerprint density at radius 1 is 0.758 bits per heavy atom. The zero-order valence-corrected chi connectivity index (χ0v) is 17.7. The fraction of sp³-hybridized carbons (Fsp3) is 0. The second-order valence-corrected chi connectivity index (χ2v) is 7.20. The van der Waals surface area contributed by atoms with Gasteiger partial charge in [0.15, 0.2) is 0 Å². The van der Waals surface area contributed by atoms with E-state index in [4.69, 9.17) is 0 Å². The minimum Gasteiger partial charge on any atom is -0.319 e. The molecule has 0 spiro atoms. The maximum absolute atomic E-state index is 13.8. The van der Waals surface area contributed by atoms with Gasteiger partial charge in [0.2, 0.25) is 0 Å². The van der Waals surface area contributed by atoms with Crippen molar-refractivity contribution >= 4 is 34.7 Å². The first-order valence-electron chi connectivity index (χ1n) is 10.3. The molecule has 0 fully saturated rings. The SMILES string of the molecule is N#CC(=Cc1ccc(N(c2ccccc2)c2ccccc2)cc1)C(=O)Nc1ccccc1F. The fourth-order valence-corrected chi connectivity index (χ4v) is 3.39. The summed E-state index contributed by atoms with van der Waals surface area (Å²) in [4.78, 5) is 14.6. The van der Waals surface area contributed by atoms with Crippen molar-refractivity contribution in [2.24, 2.45) is 0 Å². The van der Waals surface area contributed by atoms with Crippen molar-refractivity contribution in [3.8, 4) is 6.07 Å². The smallest absolute Gasteiger partial charge is 0.266 e. The highest BCUT2D eigenvalue weighted by Gasteiger charge is 2.13. The van der Waals surface area contributed by atoms with E-state index in [1.165, 1.54) is 24.3 Å². The average molecular weight is 433 g/mol. The molecular formula is C28H20FN3O. The third-order valence-electron chi connectivity index (χ3n) is 4.98. The molecular weight excluding hydrogens is 413 g/mol. The second-order valence-electron chi connectivity index (χ2n) is 7.20. The normalized spacial score (nSPS) is 10.8. The summed E-state index contributed by atoms with van der Waals surface area (Å²) < 4.78 is 13.8. The topological polar surface area (TPSA) is 56.1 Å². The zero-order valence-electron chi connectivity index (χ0n) is 17.7. The van der Waals surface area contributed by atoms with Crippen LogP contribution in [0.15, 0.2) is 115 Å². The van der Waals surface area contributed by atoms with Crippen molar-refractivity contribution in [1.29, 1.82) is 5.26 Å². The molecule has 0 atom stereocenters. The first-order chi connectivity index (χ1) is 16.2. The molecule has 0 bridgehead atoms. The summed E-state index contributed by atoms with van der Waals surface area (Å²) >= 11 is 0. The number of nitrogens with one attached hydrogen (secondary N) is 1. The number of hydrogen-bond acceptors (Lipinski definition) is 3. The first-order valence-corrected chi connectivity index (χ1v) is 10.3. The second kappa shape index (κ2) is 10.1. The van der Waals surface area contributed by atoms with Gasteiger partial charge in [0.25, 0.3) is 5.91 Å². The Bertz CT molecular complexity index is 1270. The standard InChI is InChI=1S/C28H20FN3O/c29-26-13-7-8-14-27(26)31-28(33)22(20-30)19-21-15-17-25(18-16-21)32(23-9-3-1-4-10-23)24-11-5-2-6-12-24/h1-19H,(H,31,33). The quantitative estimate of drug-likeness (QED) is 0.267. The van der Waals surface area contributed by atoms with E-state index in [2.05, 4.69) is 10.2 Å². The van der Waals surface area contributed by atoms with Gasteiger partial charge in [-0.05, 0) is 60.2 Å². The van der Waals surface area contributed by atoms with Crippen LogP contribution in [0.2, 0.25) is 0 Å². The Kier molecular flexibility index (Phi) is 6.58. The van der Waals surface area contributed by atoms with Crippen LogP contribution in [-0.4, -0.2) is 5.91 Å². The van der Waals surface area contributed by atoms with Crippen molar-refractivity contribution in [3.05, 3.63) is 126 Å². The van der Waals surface area contributed by atoms with Crippen molar-refractivity contribution in [2.75, 3.05) is 10.2 Å². The Morgan fingerprint density at radius 2 is 1.27 bits per heavy atom. The van der Waals surface area contributed by atoms with Gasteiger partial charge in [-0.15, -0.1) is 0 Å². The Labute approximate surface area is 191 Å². The molecule has 0 saturated heterocycles. The molecule has 0 aliphatic rings. The molecule has 4 aromatic carbocycles. The van der Waals surface area contributed by atoms with Crippen molar-refractivity contribution in [1.82, 2.24) is 0 Å². The molecule has 5 heteroatoms. The van der Waals surface area contributed by atoms with Gasteiger partial charge in [0.05, 0.1) is 5.69 Å². The van der Waals surface area contributed by atoms with Crippen LogP contribution in [0.5, 0.6) is 0 Å². The highest BCUT2D eigenvalue weighted by atomic mass is 19.1. The predicted molar refractivity (Wildman–Crippen MR) is 130 cm³/mol. The van der Waals surface area contributed by atoms with Crippen LogP contribution in [0.4, 0.5) is 27.1 Å². The number of carbonyl (C=O) groups is 1. The minimum atomic E-state index is -0.665. The molecule has 4 aromatic rings. The van der Waals surface area contributed by atoms with Crippen LogP contribution >= 0.6 is 0 Å². The van der Waals surface area contributed by atoms with Crippen molar-refractivity contribution < 1.29 is 9.18 Å². The lowest BCUT2D eigenvalue weighted by Crippen LogP contribution is -2.14. The van der Waals surface area contributed by atoms with Crippen LogP contribution in [0.1, 0.15) is 5.56 Å². The van der Waals surface area contributed by atoms with Crippen molar-refractivity contribution in [2.45, 2.75) is 0 Å². The van der Waals surface area contributed by atoms with E-state index in [0.29, 0.717) is 5.56 Å². The minimum absolute atomic E-state index is 0.0281. The molecule has 0 unspecified atom stereocenters. The van der Waals surface area contributed by atoms with Gasteiger partial charge in [-0.3, -0.25) is 4.79 Å². The maximum Gasteiger partial charge on any atom is 0.266 e. The molecule has 0 aromatic heterocycles. The van der Waals surface area contributed by atoms with Gasteiger partial charge in [0, 0.05) is 17.1 Å². The summed E-state index contributed by atoms with van der Waals surface area (Å²) in [6.07, 6.45) is 1.48. The average Bonchev–Trinajstić information content (AvgIpc) is 2.86. The summed E-state index contributed by atoms with van der Waals surface area (Å²) in [6.45, 7) is 0. The van der Waals surface area contributed by atoms with Crippen LogP contribution < -0.4 is 10.2 Å². The van der Waals surface area contributed by atoms with Crippen LogP contribution in [0, 0.1) is 17.1 Å². The first kappa shape index (κ1) is 21.5. The molecule has 160 valence electrons. The lowest BCUT2D eigenvalue weighted by molar-refractivity contribution is -0.112. The number of nitrogens with zero attached hydrogens (tertiary/aromatic N) is 2. The fourth-order valence-electron chi connectivity index (χ4n) is 3.39. The summed E-state index contributed by atoms with van der Waals surface area (Å²) in [6, 6.07) is 35.2. The third-order valence-corrected chi connectivity index (χ3v) is 4.98. The van der Waals surface area contributed by atoms with Gasteiger partial charge >= 0.3 is 0 Å². The molecule has 0 saturated carbocycles. The summed E-state index contributed by atoms with van der Waals surface area (Å²) in [5.74, 6) is -1.23. The number of halogens is 1. The molecule has 0 radical (unpaired) electrons. The molecule has 0 aliphatic heterocycles. The van der Waals surface area contributed by atoms with Crippen LogP contribution in [-0.2, 0) is 4.79 Å². The van der Waals surface area contributed by atoms with Crippen LogP contribution in [0.25, 0.3) is 6.08 Å². The lowest BCUT2D eigenvalue weighted by atomic mass is 10.1. The number of anilines is 4. The molecule has 4 nitrogen and oxygen atoms in total. The number of hydrogen-bond donors (Lipinski definition) is 1. The number of nitriles is 1. The Balaban J connectivity index is 1.61. The summed E-state index contributed by atoms with van der Waals surface area (Å²) in [7, 11) is 0. The number of carbonyl (C=O) groups excluding carboxylic acids is 1. The highest BCUT2D eigenvalue weighted by molar-refractivity contribution is 6.09. The molecule has 33 heavy (non-hydrogen) atoms. The van der Waals surface area contributed by atoms with E-state index in [9.17, 15) is 14.4 Å². The van der Waals surface area contributed by atoms with Gasteiger partial charge < -0.3 is 10.2 Å². The maximum atomic E-state index is 13.8. The van der Waals surface area contributed by atoms with Crippen LogP contribution in [0.3, 0.4) is 0 Å². The van der Waals surface area contributed by atoms with Gasteiger partial charge in [0.1, 0.15) is 17.5 Å². The molecule has 0 aliphatic carbocycles. The molecule has 1 amide bonds. The predicted octanol–water partition coefficient (Wildman–Crippen LogP) is 6.84.